The largest absolute Gasteiger partial charge is 0.323 e. The van der Waals surface area contributed by atoms with Gasteiger partial charge in [-0.2, -0.15) is 0 Å². The summed E-state index contributed by atoms with van der Waals surface area (Å²) in [6.07, 6.45) is 6.27. The lowest BCUT2D eigenvalue weighted by Crippen LogP contribution is -2.20. The molecule has 1 aliphatic carbocycles. The summed E-state index contributed by atoms with van der Waals surface area (Å²) >= 11 is 0. The van der Waals surface area contributed by atoms with Crippen molar-refractivity contribution in [3.63, 3.8) is 0 Å². The zero-order valence-corrected chi connectivity index (χ0v) is 7.16. The van der Waals surface area contributed by atoms with Crippen LogP contribution in [0.2, 0.25) is 0 Å². The number of aldehydes is 1. The second kappa shape index (κ2) is 2.73. The van der Waals surface area contributed by atoms with Crippen LogP contribution in [0.4, 0.5) is 0 Å². The molecule has 0 radical (unpaired) electrons. The number of hydrogen-bond donors (Lipinski definition) is 0. The third-order valence-corrected chi connectivity index (χ3v) is 2.56. The third-order valence-electron chi connectivity index (χ3n) is 2.56. The first kappa shape index (κ1) is 7.53. The van der Waals surface area contributed by atoms with Gasteiger partial charge in [0.2, 0.25) is 0 Å². The molecule has 12 heavy (non-hydrogen) atoms. The Morgan fingerprint density at radius 1 is 1.67 bits per heavy atom. The molecule has 0 aliphatic heterocycles. The van der Waals surface area contributed by atoms with Gasteiger partial charge < -0.3 is 4.57 Å². The zero-order chi connectivity index (χ0) is 8.55. The molecule has 0 unspecified atom stereocenters. The van der Waals surface area contributed by atoms with E-state index in [2.05, 4.69) is 9.55 Å². The Balaban J connectivity index is 2.37. The monoisotopic (exact) mass is 164 g/mol. The molecule has 2 rings (SSSR count). The molecule has 0 spiro atoms. The van der Waals surface area contributed by atoms with E-state index < -0.39 is 0 Å². The van der Waals surface area contributed by atoms with Crippen LogP contribution in [0, 0.1) is 6.92 Å². The molecule has 0 saturated heterocycles. The van der Waals surface area contributed by atoms with Crippen LogP contribution in [0.5, 0.6) is 0 Å². The molecule has 1 aliphatic rings. The molecule has 0 amide bonds. The van der Waals surface area contributed by atoms with Gasteiger partial charge in [-0.1, -0.05) is 0 Å². The number of imidazole rings is 1. The maximum absolute atomic E-state index is 10.6. The van der Waals surface area contributed by atoms with Crippen LogP contribution in [0.3, 0.4) is 0 Å². The summed E-state index contributed by atoms with van der Waals surface area (Å²) in [5.41, 5.74) is 1.10. The quantitative estimate of drug-likeness (QED) is 0.624. The van der Waals surface area contributed by atoms with Crippen molar-refractivity contribution in [3.05, 3.63) is 17.7 Å². The topological polar surface area (TPSA) is 34.9 Å². The molecule has 3 nitrogen and oxygen atoms in total. The van der Waals surface area contributed by atoms with Crippen molar-refractivity contribution in [2.45, 2.75) is 32.2 Å². The van der Waals surface area contributed by atoms with Crippen molar-refractivity contribution in [1.82, 2.24) is 9.55 Å². The number of hydrogen-bond acceptors (Lipinski definition) is 2. The molecule has 1 heterocycles. The maximum atomic E-state index is 10.6. The second-order valence-electron chi connectivity index (χ2n) is 3.33. The van der Waals surface area contributed by atoms with Gasteiger partial charge in [-0.25, -0.2) is 4.98 Å². The number of aromatic nitrogens is 2. The average molecular weight is 164 g/mol. The van der Waals surface area contributed by atoms with Gasteiger partial charge in [-0.15, -0.1) is 0 Å². The van der Waals surface area contributed by atoms with E-state index >= 15 is 0 Å². The smallest absolute Gasteiger partial charge is 0.185 e. The Bertz CT molecular complexity index is 299. The van der Waals surface area contributed by atoms with Crippen LogP contribution in [0.15, 0.2) is 6.20 Å². The summed E-state index contributed by atoms with van der Waals surface area (Å²) in [5, 5.41) is 0. The van der Waals surface area contributed by atoms with Crippen molar-refractivity contribution in [3.8, 4) is 0 Å². The van der Waals surface area contributed by atoms with E-state index in [1.807, 2.05) is 6.92 Å². The number of carbonyl (C=O) groups is 1. The van der Waals surface area contributed by atoms with E-state index in [1.54, 1.807) is 6.20 Å². The van der Waals surface area contributed by atoms with E-state index in [9.17, 15) is 4.79 Å². The van der Waals surface area contributed by atoms with Crippen molar-refractivity contribution in [2.24, 2.45) is 0 Å². The highest BCUT2D eigenvalue weighted by Gasteiger charge is 2.22. The summed E-state index contributed by atoms with van der Waals surface area (Å²) in [4.78, 5) is 14.6. The van der Waals surface area contributed by atoms with Gasteiger partial charge in [0.1, 0.15) is 0 Å². The Hall–Kier alpha value is -1.12. The predicted octanol–water partition coefficient (Wildman–Crippen LogP) is 1.73. The van der Waals surface area contributed by atoms with Gasteiger partial charge in [-0.3, -0.25) is 4.79 Å². The van der Waals surface area contributed by atoms with E-state index in [-0.39, 0.29) is 0 Å². The van der Waals surface area contributed by atoms with Crippen molar-refractivity contribution in [1.29, 1.82) is 0 Å². The maximum Gasteiger partial charge on any atom is 0.185 e. The van der Waals surface area contributed by atoms with Crippen LogP contribution in [0.1, 0.15) is 41.6 Å². The number of carbonyl (C=O) groups excluding carboxylic acids is 1. The van der Waals surface area contributed by atoms with Gasteiger partial charge in [0.25, 0.3) is 0 Å². The predicted molar refractivity (Wildman–Crippen MR) is 45.2 cm³/mol. The fourth-order valence-electron chi connectivity index (χ4n) is 1.67. The van der Waals surface area contributed by atoms with E-state index in [1.165, 1.54) is 19.3 Å². The minimum atomic E-state index is 0.535. The first-order chi connectivity index (χ1) is 5.83. The van der Waals surface area contributed by atoms with Crippen LogP contribution in [0.25, 0.3) is 0 Å². The molecule has 64 valence electrons. The minimum Gasteiger partial charge on any atom is -0.323 e. The fourth-order valence-corrected chi connectivity index (χ4v) is 1.67. The average Bonchev–Trinajstić information content (AvgIpc) is 2.30. The van der Waals surface area contributed by atoms with Crippen LogP contribution < -0.4 is 0 Å². The molecule has 1 fully saturated rings. The van der Waals surface area contributed by atoms with Gasteiger partial charge in [0.05, 0.1) is 0 Å². The zero-order valence-electron chi connectivity index (χ0n) is 7.16. The van der Waals surface area contributed by atoms with Gasteiger partial charge in [-0.05, 0) is 26.2 Å². The van der Waals surface area contributed by atoms with Crippen LogP contribution in [-0.2, 0) is 0 Å². The molecular formula is C9H12N2O. The molecule has 3 heteroatoms. The van der Waals surface area contributed by atoms with Gasteiger partial charge in [0.15, 0.2) is 12.1 Å². The normalized spacial score (nSPS) is 17.4. The van der Waals surface area contributed by atoms with Crippen LogP contribution in [-0.4, -0.2) is 15.8 Å². The number of nitrogens with zero attached hydrogens (tertiary/aromatic N) is 2. The SMILES string of the molecule is Cc1cnc(C=O)n1C1CCC1. The summed E-state index contributed by atoms with van der Waals surface area (Å²) in [6, 6.07) is 0.535. The molecule has 1 aromatic rings. The fraction of sp³-hybridized carbons (Fsp3) is 0.556. The molecule has 0 atom stereocenters. The highest BCUT2D eigenvalue weighted by Crippen LogP contribution is 2.33. The highest BCUT2D eigenvalue weighted by atomic mass is 16.1. The van der Waals surface area contributed by atoms with Gasteiger partial charge >= 0.3 is 0 Å². The lowest BCUT2D eigenvalue weighted by molar-refractivity contribution is 0.110. The highest BCUT2D eigenvalue weighted by molar-refractivity contribution is 5.69. The van der Waals surface area contributed by atoms with Crippen molar-refractivity contribution in [2.75, 3.05) is 0 Å². The Morgan fingerprint density at radius 2 is 2.42 bits per heavy atom. The minimum absolute atomic E-state index is 0.535. The Labute approximate surface area is 71.4 Å². The summed E-state index contributed by atoms with van der Waals surface area (Å²) in [6.45, 7) is 2.00. The lowest BCUT2D eigenvalue weighted by Gasteiger charge is -2.28. The molecule has 0 N–H and O–H groups in total. The van der Waals surface area contributed by atoms with Crippen molar-refractivity contribution >= 4 is 6.29 Å². The van der Waals surface area contributed by atoms with E-state index in [0.717, 1.165) is 12.0 Å². The van der Waals surface area contributed by atoms with Gasteiger partial charge in [0, 0.05) is 17.9 Å². The summed E-state index contributed by atoms with van der Waals surface area (Å²) < 4.78 is 2.05. The molecule has 0 bridgehead atoms. The van der Waals surface area contributed by atoms with Crippen molar-refractivity contribution < 1.29 is 4.79 Å². The lowest BCUT2D eigenvalue weighted by atomic mass is 9.92. The molecule has 1 saturated carbocycles. The number of aryl methyl sites for hydroxylation is 1. The second-order valence-corrected chi connectivity index (χ2v) is 3.33. The third kappa shape index (κ3) is 0.967. The van der Waals surface area contributed by atoms with E-state index in [0.29, 0.717) is 11.9 Å². The molecular weight excluding hydrogens is 152 g/mol. The number of rotatable bonds is 2. The molecule has 1 aromatic heterocycles. The van der Waals surface area contributed by atoms with Crippen LogP contribution >= 0.6 is 0 Å². The summed E-state index contributed by atoms with van der Waals surface area (Å²) in [5.74, 6) is 0.581. The molecule has 0 aromatic carbocycles. The van der Waals surface area contributed by atoms with E-state index in [4.69, 9.17) is 0 Å². The first-order valence-corrected chi connectivity index (χ1v) is 4.32. The first-order valence-electron chi connectivity index (χ1n) is 4.32. The summed E-state index contributed by atoms with van der Waals surface area (Å²) in [7, 11) is 0. The Kier molecular flexibility index (Phi) is 1.71. The Morgan fingerprint density at radius 3 is 2.92 bits per heavy atom. The standard InChI is InChI=1S/C9H12N2O/c1-7-5-10-9(6-12)11(7)8-3-2-4-8/h5-6,8H,2-4H2,1H3.